The van der Waals surface area contributed by atoms with Gasteiger partial charge in [0.05, 0.1) is 5.02 Å². The van der Waals surface area contributed by atoms with Crippen LogP contribution in [0.15, 0.2) is 42.5 Å². The molecule has 0 aliphatic heterocycles. The number of carbonyl (C=O) groups excluding carboxylic acids is 1. The molecule has 0 heterocycles. The van der Waals surface area contributed by atoms with Crippen LogP contribution in [-0.2, 0) is 6.42 Å². The minimum Gasteiger partial charge on any atom is -0.322 e. The summed E-state index contributed by atoms with van der Waals surface area (Å²) in [7, 11) is 1.86. The Morgan fingerprint density at radius 2 is 2.00 bits per heavy atom. The summed E-state index contributed by atoms with van der Waals surface area (Å²) in [5.41, 5.74) is 1.91. The van der Waals surface area contributed by atoms with Gasteiger partial charge < -0.3 is 10.6 Å². The Kier molecular flexibility index (Phi) is 5.31. The van der Waals surface area contributed by atoms with E-state index < -0.39 is 5.82 Å². The second-order valence-electron chi connectivity index (χ2n) is 4.59. The first-order valence-electron chi connectivity index (χ1n) is 6.60. The van der Waals surface area contributed by atoms with E-state index in [1.807, 2.05) is 19.2 Å². The molecular formula is C16H16ClFN2O. The molecule has 0 spiro atoms. The number of anilines is 1. The molecule has 0 aliphatic carbocycles. The maximum Gasteiger partial charge on any atom is 0.255 e. The molecule has 0 saturated carbocycles. The fourth-order valence-corrected chi connectivity index (χ4v) is 2.11. The molecule has 2 aromatic carbocycles. The molecule has 0 atom stereocenters. The first-order chi connectivity index (χ1) is 10.1. The van der Waals surface area contributed by atoms with Crippen molar-refractivity contribution in [3.05, 3.63) is 64.4 Å². The molecule has 0 bridgehead atoms. The van der Waals surface area contributed by atoms with Gasteiger partial charge in [-0.25, -0.2) is 4.39 Å². The Balaban J connectivity index is 2.18. The number of halogens is 2. The molecule has 21 heavy (non-hydrogen) atoms. The number of likely N-dealkylation sites (N-methyl/N-ethyl adjacent to an activating group) is 1. The Bertz CT molecular complexity index is 646. The highest BCUT2D eigenvalue weighted by Crippen LogP contribution is 2.20. The van der Waals surface area contributed by atoms with E-state index in [4.69, 9.17) is 11.6 Å². The van der Waals surface area contributed by atoms with Crippen molar-refractivity contribution in [3.8, 4) is 0 Å². The monoisotopic (exact) mass is 306 g/mol. The van der Waals surface area contributed by atoms with E-state index in [9.17, 15) is 9.18 Å². The molecule has 0 saturated heterocycles. The standard InChI is InChI=1S/C16H16ClFN2O/c1-19-9-8-11-4-2-3-5-13(11)16(21)20-12-6-7-14(17)15(18)10-12/h2-7,10,19H,8-9H2,1H3,(H,20,21). The van der Waals surface area contributed by atoms with Crippen molar-refractivity contribution in [3.63, 3.8) is 0 Å². The third kappa shape index (κ3) is 4.03. The fraction of sp³-hybridized carbons (Fsp3) is 0.188. The quantitative estimate of drug-likeness (QED) is 0.888. The molecule has 1 amide bonds. The molecule has 0 aliphatic rings. The van der Waals surface area contributed by atoms with Crippen LogP contribution >= 0.6 is 11.6 Å². The summed E-state index contributed by atoms with van der Waals surface area (Å²) in [4.78, 5) is 12.3. The van der Waals surface area contributed by atoms with Gasteiger partial charge in [0.25, 0.3) is 5.91 Å². The number of rotatable bonds is 5. The van der Waals surface area contributed by atoms with E-state index in [0.29, 0.717) is 11.3 Å². The highest BCUT2D eigenvalue weighted by molar-refractivity contribution is 6.30. The van der Waals surface area contributed by atoms with Gasteiger partial charge in [0.1, 0.15) is 5.82 Å². The highest BCUT2D eigenvalue weighted by Gasteiger charge is 2.11. The Labute approximate surface area is 128 Å². The number of benzene rings is 2. The average Bonchev–Trinajstić information content (AvgIpc) is 2.49. The fourth-order valence-electron chi connectivity index (χ4n) is 1.99. The van der Waals surface area contributed by atoms with Crippen LogP contribution in [-0.4, -0.2) is 19.5 Å². The minimum atomic E-state index is -0.557. The molecule has 0 aromatic heterocycles. The van der Waals surface area contributed by atoms with Gasteiger partial charge in [-0.05, 0) is 49.8 Å². The maximum absolute atomic E-state index is 13.4. The molecule has 0 unspecified atom stereocenters. The number of hydrogen-bond donors (Lipinski definition) is 2. The summed E-state index contributed by atoms with van der Waals surface area (Å²) in [5.74, 6) is -0.818. The highest BCUT2D eigenvalue weighted by atomic mass is 35.5. The number of amides is 1. The lowest BCUT2D eigenvalue weighted by atomic mass is 10.0. The third-order valence-electron chi connectivity index (χ3n) is 3.08. The Morgan fingerprint density at radius 3 is 2.71 bits per heavy atom. The summed E-state index contributed by atoms with van der Waals surface area (Å²) < 4.78 is 13.4. The summed E-state index contributed by atoms with van der Waals surface area (Å²) in [5, 5.41) is 5.76. The second-order valence-corrected chi connectivity index (χ2v) is 5.00. The SMILES string of the molecule is CNCCc1ccccc1C(=O)Nc1ccc(Cl)c(F)c1. The zero-order valence-electron chi connectivity index (χ0n) is 11.6. The van der Waals surface area contributed by atoms with Crippen molar-refractivity contribution in [2.45, 2.75) is 6.42 Å². The normalized spacial score (nSPS) is 10.4. The number of carbonyl (C=O) groups is 1. The molecule has 0 radical (unpaired) electrons. The Morgan fingerprint density at radius 1 is 1.24 bits per heavy atom. The summed E-state index contributed by atoms with van der Waals surface area (Å²) in [6.07, 6.45) is 0.745. The zero-order chi connectivity index (χ0) is 15.2. The molecule has 0 fully saturated rings. The van der Waals surface area contributed by atoms with Crippen molar-refractivity contribution < 1.29 is 9.18 Å². The third-order valence-corrected chi connectivity index (χ3v) is 3.39. The molecule has 2 rings (SSSR count). The number of nitrogens with one attached hydrogen (secondary N) is 2. The predicted octanol–water partition coefficient (Wildman–Crippen LogP) is 3.49. The van der Waals surface area contributed by atoms with Crippen LogP contribution in [0.1, 0.15) is 15.9 Å². The zero-order valence-corrected chi connectivity index (χ0v) is 12.4. The van der Waals surface area contributed by atoms with E-state index in [1.54, 1.807) is 18.2 Å². The lowest BCUT2D eigenvalue weighted by Crippen LogP contribution is -2.17. The van der Waals surface area contributed by atoms with Gasteiger partial charge in [-0.2, -0.15) is 0 Å². The molecule has 2 N–H and O–H groups in total. The molecule has 5 heteroatoms. The van der Waals surface area contributed by atoms with Crippen LogP contribution in [0.3, 0.4) is 0 Å². The van der Waals surface area contributed by atoms with E-state index in [0.717, 1.165) is 18.5 Å². The minimum absolute atomic E-state index is 0.0300. The van der Waals surface area contributed by atoms with Crippen molar-refractivity contribution >= 4 is 23.2 Å². The van der Waals surface area contributed by atoms with Crippen LogP contribution in [0.4, 0.5) is 10.1 Å². The summed E-state index contributed by atoms with van der Waals surface area (Å²) in [6, 6.07) is 11.6. The lowest BCUT2D eigenvalue weighted by Gasteiger charge is -2.10. The van der Waals surface area contributed by atoms with Crippen LogP contribution in [0.5, 0.6) is 0 Å². The molecule has 2 aromatic rings. The van der Waals surface area contributed by atoms with Gasteiger partial charge in [-0.3, -0.25) is 4.79 Å². The predicted molar refractivity (Wildman–Crippen MR) is 83.4 cm³/mol. The first-order valence-corrected chi connectivity index (χ1v) is 6.98. The summed E-state index contributed by atoms with van der Waals surface area (Å²) >= 11 is 5.62. The maximum atomic E-state index is 13.4. The van der Waals surface area contributed by atoms with E-state index in [2.05, 4.69) is 10.6 Å². The smallest absolute Gasteiger partial charge is 0.255 e. The van der Waals surface area contributed by atoms with Crippen LogP contribution in [0.2, 0.25) is 5.02 Å². The van der Waals surface area contributed by atoms with E-state index in [1.165, 1.54) is 12.1 Å². The topological polar surface area (TPSA) is 41.1 Å². The second kappa shape index (κ2) is 7.20. The van der Waals surface area contributed by atoms with Crippen molar-refractivity contribution in [1.82, 2.24) is 5.32 Å². The van der Waals surface area contributed by atoms with Crippen LogP contribution in [0.25, 0.3) is 0 Å². The van der Waals surface area contributed by atoms with Gasteiger partial charge >= 0.3 is 0 Å². The van der Waals surface area contributed by atoms with Gasteiger partial charge in [-0.15, -0.1) is 0 Å². The number of hydrogen-bond acceptors (Lipinski definition) is 2. The van der Waals surface area contributed by atoms with Gasteiger partial charge in [0.2, 0.25) is 0 Å². The molecule has 110 valence electrons. The summed E-state index contributed by atoms with van der Waals surface area (Å²) in [6.45, 7) is 0.778. The average molecular weight is 307 g/mol. The van der Waals surface area contributed by atoms with E-state index in [-0.39, 0.29) is 10.9 Å². The first kappa shape index (κ1) is 15.5. The largest absolute Gasteiger partial charge is 0.322 e. The van der Waals surface area contributed by atoms with Gasteiger partial charge in [-0.1, -0.05) is 29.8 Å². The lowest BCUT2D eigenvalue weighted by molar-refractivity contribution is 0.102. The molecule has 3 nitrogen and oxygen atoms in total. The van der Waals surface area contributed by atoms with Crippen LogP contribution in [0, 0.1) is 5.82 Å². The van der Waals surface area contributed by atoms with Crippen molar-refractivity contribution in [1.29, 1.82) is 0 Å². The Hall–Kier alpha value is -1.91. The molecular weight excluding hydrogens is 291 g/mol. The van der Waals surface area contributed by atoms with Crippen molar-refractivity contribution in [2.75, 3.05) is 18.9 Å². The van der Waals surface area contributed by atoms with Crippen LogP contribution < -0.4 is 10.6 Å². The van der Waals surface area contributed by atoms with Gasteiger partial charge in [0.15, 0.2) is 0 Å². The van der Waals surface area contributed by atoms with Crippen molar-refractivity contribution in [2.24, 2.45) is 0 Å². The van der Waals surface area contributed by atoms with Gasteiger partial charge in [0, 0.05) is 11.3 Å². The van der Waals surface area contributed by atoms with E-state index >= 15 is 0 Å².